The fraction of sp³-hybridized carbons (Fsp3) is 0. The van der Waals surface area contributed by atoms with Gasteiger partial charge < -0.3 is 0 Å². The molecule has 0 spiro atoms. The smallest absolute Gasteiger partial charge is 0.166 e. The van der Waals surface area contributed by atoms with Gasteiger partial charge in [-0.15, -0.1) is 0 Å². The quantitative estimate of drug-likeness (QED) is 0.606. The van der Waals surface area contributed by atoms with Gasteiger partial charge in [-0.2, -0.15) is 0 Å². The Morgan fingerprint density at radius 1 is 1.24 bits per heavy atom. The largest absolute Gasteiger partial charge is 0.298 e. The van der Waals surface area contributed by atoms with Crippen molar-refractivity contribution in [3.63, 3.8) is 0 Å². The van der Waals surface area contributed by atoms with Crippen molar-refractivity contribution in [3.8, 4) is 11.1 Å². The molecule has 86 valence electrons. The molecular weight excluding hydrogens is 248 g/mol. The molecule has 0 N–H and O–H groups in total. The number of hydrogen-bond acceptors (Lipinski definition) is 2. The summed E-state index contributed by atoms with van der Waals surface area (Å²) in [6.07, 6.45) is 1.82. The minimum atomic E-state index is -1.01. The van der Waals surface area contributed by atoms with Gasteiger partial charge in [0.1, 0.15) is 5.15 Å². The molecule has 1 aromatic heterocycles. The molecule has 1 heterocycles. The van der Waals surface area contributed by atoms with Crippen LogP contribution in [0, 0.1) is 11.6 Å². The number of pyridine rings is 1. The fourth-order valence-corrected chi connectivity index (χ4v) is 1.63. The van der Waals surface area contributed by atoms with Crippen molar-refractivity contribution in [2.75, 3.05) is 0 Å². The van der Waals surface area contributed by atoms with Gasteiger partial charge in [0.15, 0.2) is 17.9 Å². The zero-order valence-electron chi connectivity index (χ0n) is 8.45. The molecule has 0 radical (unpaired) electrons. The van der Waals surface area contributed by atoms with Crippen LogP contribution in [0.1, 0.15) is 10.4 Å². The van der Waals surface area contributed by atoms with E-state index < -0.39 is 11.6 Å². The van der Waals surface area contributed by atoms with Gasteiger partial charge >= 0.3 is 0 Å². The maximum atomic E-state index is 13.6. The summed E-state index contributed by atoms with van der Waals surface area (Å²) >= 11 is 5.80. The van der Waals surface area contributed by atoms with Crippen LogP contribution in [-0.4, -0.2) is 11.3 Å². The molecule has 2 nitrogen and oxygen atoms in total. The van der Waals surface area contributed by atoms with Gasteiger partial charge in [0.25, 0.3) is 0 Å². The maximum absolute atomic E-state index is 13.6. The van der Waals surface area contributed by atoms with Crippen molar-refractivity contribution in [3.05, 3.63) is 52.8 Å². The molecule has 2 rings (SSSR count). The van der Waals surface area contributed by atoms with Gasteiger partial charge in [-0.05, 0) is 12.1 Å². The van der Waals surface area contributed by atoms with Crippen LogP contribution < -0.4 is 0 Å². The Balaban J connectivity index is 2.67. The van der Waals surface area contributed by atoms with Crippen molar-refractivity contribution in [1.29, 1.82) is 0 Å². The number of rotatable bonds is 2. The van der Waals surface area contributed by atoms with Crippen LogP contribution in [0.3, 0.4) is 0 Å². The van der Waals surface area contributed by atoms with Gasteiger partial charge in [-0.1, -0.05) is 23.7 Å². The highest BCUT2D eigenvalue weighted by molar-refractivity contribution is 6.32. The standard InChI is InChI=1S/C12H6ClF2NO/c13-12-9(4-7(6-17)5-16-12)8-2-1-3-10(14)11(8)15/h1-6H. The van der Waals surface area contributed by atoms with E-state index in [9.17, 15) is 13.6 Å². The van der Waals surface area contributed by atoms with E-state index in [2.05, 4.69) is 4.98 Å². The monoisotopic (exact) mass is 253 g/mol. The fourth-order valence-electron chi connectivity index (χ4n) is 1.43. The third kappa shape index (κ3) is 2.17. The number of halogens is 3. The second kappa shape index (κ2) is 4.59. The van der Waals surface area contributed by atoms with E-state index in [-0.39, 0.29) is 21.8 Å². The molecule has 0 saturated heterocycles. The van der Waals surface area contributed by atoms with E-state index in [0.717, 1.165) is 6.07 Å². The number of carbonyl (C=O) groups is 1. The van der Waals surface area contributed by atoms with Crippen molar-refractivity contribution >= 4 is 17.9 Å². The van der Waals surface area contributed by atoms with E-state index in [1.54, 1.807) is 0 Å². The Bertz CT molecular complexity index is 587. The summed E-state index contributed by atoms with van der Waals surface area (Å²) < 4.78 is 26.6. The summed E-state index contributed by atoms with van der Waals surface area (Å²) in [5.41, 5.74) is 0.410. The summed E-state index contributed by atoms with van der Waals surface area (Å²) in [7, 11) is 0. The van der Waals surface area contributed by atoms with Gasteiger partial charge in [-0.25, -0.2) is 13.8 Å². The molecule has 0 aliphatic rings. The first-order valence-corrected chi connectivity index (χ1v) is 5.06. The minimum Gasteiger partial charge on any atom is -0.298 e. The van der Waals surface area contributed by atoms with E-state index >= 15 is 0 Å². The van der Waals surface area contributed by atoms with Crippen LogP contribution in [-0.2, 0) is 0 Å². The third-order valence-electron chi connectivity index (χ3n) is 2.24. The molecular formula is C12H6ClF2NO. The summed E-state index contributed by atoms with van der Waals surface area (Å²) in [5, 5.41) is 0.0140. The van der Waals surface area contributed by atoms with Crippen molar-refractivity contribution in [2.45, 2.75) is 0 Å². The summed E-state index contributed by atoms with van der Waals surface area (Å²) in [6, 6.07) is 5.09. The van der Waals surface area contributed by atoms with Crippen molar-refractivity contribution in [2.24, 2.45) is 0 Å². The Kier molecular flexibility index (Phi) is 3.15. The van der Waals surface area contributed by atoms with Gasteiger partial charge in [0.2, 0.25) is 0 Å². The summed E-state index contributed by atoms with van der Waals surface area (Å²) in [4.78, 5) is 14.3. The second-order valence-corrected chi connectivity index (χ2v) is 3.68. The Morgan fingerprint density at radius 2 is 2.00 bits per heavy atom. The Morgan fingerprint density at radius 3 is 2.71 bits per heavy atom. The number of benzene rings is 1. The summed E-state index contributed by atoms with van der Waals surface area (Å²) in [6.45, 7) is 0. The molecule has 0 amide bonds. The number of carbonyl (C=O) groups excluding carboxylic acids is 1. The first-order chi connectivity index (χ1) is 8.13. The SMILES string of the molecule is O=Cc1cnc(Cl)c(-c2cccc(F)c2F)c1. The third-order valence-corrected chi connectivity index (χ3v) is 2.54. The molecule has 0 bridgehead atoms. The zero-order valence-corrected chi connectivity index (χ0v) is 9.21. The van der Waals surface area contributed by atoms with Crippen LogP contribution in [0.2, 0.25) is 5.15 Å². The minimum absolute atomic E-state index is 0.0140. The molecule has 0 fully saturated rings. The maximum Gasteiger partial charge on any atom is 0.166 e. The molecule has 0 atom stereocenters. The lowest BCUT2D eigenvalue weighted by Crippen LogP contribution is -1.93. The Hall–Kier alpha value is -1.81. The molecule has 0 unspecified atom stereocenters. The average molecular weight is 254 g/mol. The molecule has 1 aromatic carbocycles. The highest BCUT2D eigenvalue weighted by Crippen LogP contribution is 2.29. The van der Waals surface area contributed by atoms with Crippen LogP contribution >= 0.6 is 11.6 Å². The molecule has 0 aliphatic carbocycles. The van der Waals surface area contributed by atoms with E-state index in [1.807, 2.05) is 0 Å². The number of hydrogen-bond donors (Lipinski definition) is 0. The highest BCUT2D eigenvalue weighted by Gasteiger charge is 2.13. The average Bonchev–Trinajstić information content (AvgIpc) is 2.34. The lowest BCUT2D eigenvalue weighted by molar-refractivity contribution is 0.112. The van der Waals surface area contributed by atoms with Crippen molar-refractivity contribution in [1.82, 2.24) is 4.98 Å². The number of aromatic nitrogens is 1. The van der Waals surface area contributed by atoms with Crippen LogP contribution in [0.4, 0.5) is 8.78 Å². The van der Waals surface area contributed by atoms with Crippen LogP contribution in [0.25, 0.3) is 11.1 Å². The van der Waals surface area contributed by atoms with Gasteiger partial charge in [0.05, 0.1) is 0 Å². The van der Waals surface area contributed by atoms with E-state index in [0.29, 0.717) is 6.29 Å². The normalized spacial score (nSPS) is 10.3. The second-order valence-electron chi connectivity index (χ2n) is 3.33. The molecule has 5 heteroatoms. The van der Waals surface area contributed by atoms with Crippen molar-refractivity contribution < 1.29 is 13.6 Å². The Labute approximate surface area is 101 Å². The topological polar surface area (TPSA) is 30.0 Å². The highest BCUT2D eigenvalue weighted by atomic mass is 35.5. The lowest BCUT2D eigenvalue weighted by atomic mass is 10.1. The number of nitrogens with zero attached hydrogens (tertiary/aromatic N) is 1. The molecule has 0 aliphatic heterocycles. The predicted octanol–water partition coefficient (Wildman–Crippen LogP) is 3.49. The summed E-state index contributed by atoms with van der Waals surface area (Å²) in [5.74, 6) is -1.99. The van der Waals surface area contributed by atoms with E-state index in [1.165, 1.54) is 24.4 Å². The first-order valence-electron chi connectivity index (χ1n) is 4.68. The van der Waals surface area contributed by atoms with Gasteiger partial charge in [-0.3, -0.25) is 4.79 Å². The first kappa shape index (κ1) is 11.7. The lowest BCUT2D eigenvalue weighted by Gasteiger charge is -2.06. The van der Waals surface area contributed by atoms with Gasteiger partial charge in [0, 0.05) is 22.9 Å². The molecule has 0 saturated carbocycles. The van der Waals surface area contributed by atoms with Crippen LogP contribution in [0.15, 0.2) is 30.5 Å². The molecule has 2 aromatic rings. The van der Waals surface area contributed by atoms with Crippen LogP contribution in [0.5, 0.6) is 0 Å². The predicted molar refractivity (Wildman–Crippen MR) is 60.0 cm³/mol. The zero-order chi connectivity index (χ0) is 12.4. The number of aldehydes is 1. The molecule has 17 heavy (non-hydrogen) atoms. The van der Waals surface area contributed by atoms with E-state index in [4.69, 9.17) is 11.6 Å².